The summed E-state index contributed by atoms with van der Waals surface area (Å²) in [5.74, 6) is -3.20. The van der Waals surface area contributed by atoms with Gasteiger partial charge in [0, 0.05) is 21.8 Å². The fraction of sp³-hybridized carbons (Fsp3) is 0.0435. The quantitative estimate of drug-likeness (QED) is 0.501. The van der Waals surface area contributed by atoms with Gasteiger partial charge in [-0.15, -0.1) is 0 Å². The molecular formula is C23H14Cl2F2N2O2. The topological polar surface area (TPSA) is 49.4 Å². The Bertz CT molecular complexity index is 1210. The Hall–Kier alpha value is -3.22. The smallest absolute Gasteiger partial charge is 0.278 e. The van der Waals surface area contributed by atoms with Crippen LogP contribution in [0.5, 0.6) is 0 Å². The highest BCUT2D eigenvalue weighted by Gasteiger charge is 2.39. The maximum atomic E-state index is 13.7. The van der Waals surface area contributed by atoms with Gasteiger partial charge in [0.1, 0.15) is 5.70 Å². The normalized spacial score (nSPS) is 13.9. The first-order valence-electron chi connectivity index (χ1n) is 9.16. The molecule has 3 aromatic carbocycles. The van der Waals surface area contributed by atoms with Gasteiger partial charge in [0.05, 0.1) is 12.1 Å². The van der Waals surface area contributed by atoms with Crippen molar-refractivity contribution >= 4 is 46.3 Å². The molecule has 1 N–H and O–H groups in total. The number of halogens is 4. The molecule has 0 bridgehead atoms. The second-order valence-corrected chi connectivity index (χ2v) is 7.71. The number of hydrogen-bond donors (Lipinski definition) is 1. The zero-order valence-corrected chi connectivity index (χ0v) is 17.3. The standard InChI is InChI=1S/C23H14Cl2F2N2O2/c24-15-5-1-13(2-6-15)12-29-22(30)20(14-3-7-16(25)8-4-14)21(23(29)31)28-17-9-10-18(26)19(27)11-17/h1-11,28H,12H2. The number of rotatable bonds is 5. The summed E-state index contributed by atoms with van der Waals surface area (Å²) in [5, 5.41) is 3.78. The van der Waals surface area contributed by atoms with Crippen LogP contribution in [0.2, 0.25) is 10.0 Å². The van der Waals surface area contributed by atoms with Crippen LogP contribution in [0.25, 0.3) is 5.57 Å². The fourth-order valence-corrected chi connectivity index (χ4v) is 3.46. The summed E-state index contributed by atoms with van der Waals surface area (Å²) in [6.45, 7) is 0.0227. The number of amides is 2. The molecule has 0 saturated heterocycles. The molecule has 0 radical (unpaired) electrons. The van der Waals surface area contributed by atoms with Crippen molar-refractivity contribution in [2.45, 2.75) is 6.54 Å². The maximum absolute atomic E-state index is 13.7. The van der Waals surface area contributed by atoms with Crippen LogP contribution in [0.1, 0.15) is 11.1 Å². The van der Waals surface area contributed by atoms with E-state index in [1.807, 2.05) is 0 Å². The molecule has 0 spiro atoms. The van der Waals surface area contributed by atoms with Gasteiger partial charge in [-0.1, -0.05) is 47.5 Å². The number of nitrogens with zero attached hydrogens (tertiary/aromatic N) is 1. The minimum Gasteiger partial charge on any atom is -0.350 e. The third kappa shape index (κ3) is 4.31. The first-order chi connectivity index (χ1) is 14.8. The van der Waals surface area contributed by atoms with Gasteiger partial charge in [-0.3, -0.25) is 14.5 Å². The van der Waals surface area contributed by atoms with E-state index in [0.717, 1.165) is 17.0 Å². The second-order valence-electron chi connectivity index (χ2n) is 6.83. The molecule has 2 amide bonds. The summed E-state index contributed by atoms with van der Waals surface area (Å²) in [7, 11) is 0. The molecule has 4 nitrogen and oxygen atoms in total. The Morgan fingerprint density at radius 2 is 1.39 bits per heavy atom. The van der Waals surface area contributed by atoms with Gasteiger partial charge in [-0.05, 0) is 47.5 Å². The van der Waals surface area contributed by atoms with Gasteiger partial charge in [0.15, 0.2) is 11.6 Å². The van der Waals surface area contributed by atoms with Gasteiger partial charge >= 0.3 is 0 Å². The van der Waals surface area contributed by atoms with E-state index in [4.69, 9.17) is 23.2 Å². The number of hydrogen-bond acceptors (Lipinski definition) is 3. The Kier molecular flexibility index (Phi) is 5.76. The van der Waals surface area contributed by atoms with Crippen molar-refractivity contribution in [3.05, 3.63) is 105 Å². The van der Waals surface area contributed by atoms with Crippen LogP contribution in [-0.2, 0) is 16.1 Å². The van der Waals surface area contributed by atoms with E-state index in [1.54, 1.807) is 48.5 Å². The summed E-state index contributed by atoms with van der Waals surface area (Å²) >= 11 is 11.9. The minimum atomic E-state index is -1.08. The fourth-order valence-electron chi connectivity index (χ4n) is 3.21. The maximum Gasteiger partial charge on any atom is 0.278 e. The molecule has 31 heavy (non-hydrogen) atoms. The van der Waals surface area contributed by atoms with Crippen molar-refractivity contribution in [3.63, 3.8) is 0 Å². The summed E-state index contributed by atoms with van der Waals surface area (Å²) in [6, 6.07) is 16.3. The Labute approximate surface area is 186 Å². The Morgan fingerprint density at radius 1 is 0.774 bits per heavy atom. The molecular weight excluding hydrogens is 445 g/mol. The average molecular weight is 459 g/mol. The first kappa shape index (κ1) is 21.0. The van der Waals surface area contributed by atoms with Crippen LogP contribution in [0.15, 0.2) is 72.4 Å². The van der Waals surface area contributed by atoms with Gasteiger partial charge in [0.25, 0.3) is 11.8 Å². The highest BCUT2D eigenvalue weighted by atomic mass is 35.5. The van der Waals surface area contributed by atoms with Crippen LogP contribution in [0.3, 0.4) is 0 Å². The van der Waals surface area contributed by atoms with E-state index in [2.05, 4.69) is 5.32 Å². The van der Waals surface area contributed by atoms with Crippen molar-refractivity contribution in [2.75, 3.05) is 5.32 Å². The van der Waals surface area contributed by atoms with Gasteiger partial charge in [0.2, 0.25) is 0 Å². The molecule has 8 heteroatoms. The van der Waals surface area contributed by atoms with Crippen molar-refractivity contribution in [1.29, 1.82) is 0 Å². The molecule has 0 saturated carbocycles. The molecule has 4 rings (SSSR count). The number of imide groups is 1. The van der Waals surface area contributed by atoms with E-state index in [1.165, 1.54) is 6.07 Å². The monoisotopic (exact) mass is 458 g/mol. The summed E-state index contributed by atoms with van der Waals surface area (Å²) < 4.78 is 27.0. The molecule has 0 aliphatic carbocycles. The number of nitrogens with one attached hydrogen (secondary N) is 1. The van der Waals surface area contributed by atoms with Gasteiger partial charge in [-0.25, -0.2) is 8.78 Å². The number of anilines is 1. The van der Waals surface area contributed by atoms with Gasteiger partial charge < -0.3 is 5.32 Å². The lowest BCUT2D eigenvalue weighted by Crippen LogP contribution is -2.32. The SMILES string of the molecule is O=C1C(Nc2ccc(F)c(F)c2)=C(c2ccc(Cl)cc2)C(=O)N1Cc1ccc(Cl)cc1. The van der Waals surface area contributed by atoms with Crippen molar-refractivity contribution < 1.29 is 18.4 Å². The predicted octanol–water partition coefficient (Wildman–Crippen LogP) is 5.66. The third-order valence-corrected chi connectivity index (χ3v) is 5.25. The molecule has 0 fully saturated rings. The predicted molar refractivity (Wildman–Crippen MR) is 115 cm³/mol. The number of carbonyl (C=O) groups is 2. The van der Waals surface area contributed by atoms with E-state index < -0.39 is 23.4 Å². The molecule has 3 aromatic rings. The summed E-state index contributed by atoms with van der Waals surface area (Å²) in [5.41, 5.74) is 1.38. The lowest BCUT2D eigenvalue weighted by Gasteiger charge is -2.15. The van der Waals surface area contributed by atoms with Crippen molar-refractivity contribution in [3.8, 4) is 0 Å². The average Bonchev–Trinajstić information content (AvgIpc) is 2.97. The summed E-state index contributed by atoms with van der Waals surface area (Å²) in [6.07, 6.45) is 0. The molecule has 1 heterocycles. The molecule has 1 aliphatic heterocycles. The van der Waals surface area contributed by atoms with Gasteiger partial charge in [-0.2, -0.15) is 0 Å². The molecule has 156 valence electrons. The van der Waals surface area contributed by atoms with E-state index in [0.29, 0.717) is 21.2 Å². The highest BCUT2D eigenvalue weighted by molar-refractivity contribution is 6.37. The summed E-state index contributed by atoms with van der Waals surface area (Å²) in [4.78, 5) is 27.4. The largest absolute Gasteiger partial charge is 0.350 e. The van der Waals surface area contributed by atoms with E-state index in [-0.39, 0.29) is 23.5 Å². The van der Waals surface area contributed by atoms with E-state index in [9.17, 15) is 18.4 Å². The Morgan fingerprint density at radius 3 is 2.00 bits per heavy atom. The molecule has 0 atom stereocenters. The first-order valence-corrected chi connectivity index (χ1v) is 9.92. The number of benzene rings is 3. The minimum absolute atomic E-state index is 0.0227. The Balaban J connectivity index is 1.74. The van der Waals surface area contributed by atoms with Crippen LogP contribution in [-0.4, -0.2) is 16.7 Å². The molecule has 1 aliphatic rings. The van der Waals surface area contributed by atoms with E-state index >= 15 is 0 Å². The lowest BCUT2D eigenvalue weighted by molar-refractivity contribution is -0.137. The highest BCUT2D eigenvalue weighted by Crippen LogP contribution is 2.32. The van der Waals surface area contributed by atoms with Crippen LogP contribution in [0.4, 0.5) is 14.5 Å². The molecule has 0 aromatic heterocycles. The second kappa shape index (κ2) is 8.49. The van der Waals surface area contributed by atoms with Crippen LogP contribution in [0, 0.1) is 11.6 Å². The van der Waals surface area contributed by atoms with Crippen molar-refractivity contribution in [1.82, 2.24) is 4.90 Å². The third-order valence-electron chi connectivity index (χ3n) is 4.74. The molecule has 0 unspecified atom stereocenters. The zero-order chi connectivity index (χ0) is 22.1. The number of carbonyl (C=O) groups excluding carboxylic acids is 2. The van der Waals surface area contributed by atoms with Crippen LogP contribution < -0.4 is 5.32 Å². The lowest BCUT2D eigenvalue weighted by atomic mass is 10.0. The van der Waals surface area contributed by atoms with Crippen molar-refractivity contribution in [2.24, 2.45) is 0 Å². The van der Waals surface area contributed by atoms with Crippen LogP contribution >= 0.6 is 23.2 Å². The zero-order valence-electron chi connectivity index (χ0n) is 15.8.